The van der Waals surface area contributed by atoms with Crippen molar-refractivity contribution in [2.45, 2.75) is 54.4 Å². The third kappa shape index (κ3) is 3.42. The van der Waals surface area contributed by atoms with Crippen LogP contribution in [0.1, 0.15) is 54.4 Å². The molecule has 12 heavy (non-hydrogen) atoms. The van der Waals surface area contributed by atoms with Gasteiger partial charge < -0.3 is 0 Å². The van der Waals surface area contributed by atoms with Crippen molar-refractivity contribution in [1.82, 2.24) is 0 Å². The van der Waals surface area contributed by atoms with Crippen molar-refractivity contribution in [3.05, 3.63) is 11.1 Å². The first-order valence-corrected chi connectivity index (χ1v) is 5.14. The lowest BCUT2D eigenvalue weighted by Gasteiger charge is -2.22. The molecule has 0 aliphatic heterocycles. The highest BCUT2D eigenvalue weighted by Crippen LogP contribution is 2.27. The van der Waals surface area contributed by atoms with Crippen molar-refractivity contribution in [2.24, 2.45) is 11.8 Å². The van der Waals surface area contributed by atoms with Gasteiger partial charge in [0.1, 0.15) is 0 Å². The van der Waals surface area contributed by atoms with Gasteiger partial charge in [-0.25, -0.2) is 0 Å². The molecule has 0 heteroatoms. The SMILES string of the molecule is CCC[C@H](C(C)=C(C)C)C(C)C. The molecule has 0 amide bonds. The Morgan fingerprint density at radius 2 is 1.58 bits per heavy atom. The van der Waals surface area contributed by atoms with E-state index in [1.54, 1.807) is 5.57 Å². The molecule has 0 rings (SSSR count). The Kier molecular flexibility index (Phi) is 5.28. The predicted molar refractivity (Wildman–Crippen MR) is 57.3 cm³/mol. The van der Waals surface area contributed by atoms with E-state index in [2.05, 4.69) is 41.5 Å². The van der Waals surface area contributed by atoms with E-state index in [4.69, 9.17) is 0 Å². The molecule has 72 valence electrons. The average Bonchev–Trinajstić information content (AvgIpc) is 1.98. The Morgan fingerprint density at radius 3 is 1.83 bits per heavy atom. The van der Waals surface area contributed by atoms with E-state index in [0.717, 1.165) is 11.8 Å². The fraction of sp³-hybridized carbons (Fsp3) is 0.833. The van der Waals surface area contributed by atoms with Gasteiger partial charge in [0.25, 0.3) is 0 Å². The molecule has 0 unspecified atom stereocenters. The summed E-state index contributed by atoms with van der Waals surface area (Å²) >= 11 is 0. The van der Waals surface area contributed by atoms with Crippen LogP contribution in [-0.4, -0.2) is 0 Å². The second kappa shape index (κ2) is 5.40. The van der Waals surface area contributed by atoms with Crippen molar-refractivity contribution < 1.29 is 0 Å². The van der Waals surface area contributed by atoms with Gasteiger partial charge in [0.15, 0.2) is 0 Å². The summed E-state index contributed by atoms with van der Waals surface area (Å²) in [6.07, 6.45) is 2.64. The fourth-order valence-electron chi connectivity index (χ4n) is 1.73. The number of rotatable bonds is 4. The molecule has 0 spiro atoms. The molecule has 0 radical (unpaired) electrons. The molecule has 0 fully saturated rings. The molecule has 0 aromatic rings. The quantitative estimate of drug-likeness (QED) is 0.545. The van der Waals surface area contributed by atoms with Gasteiger partial charge in [-0.3, -0.25) is 0 Å². The Hall–Kier alpha value is -0.260. The van der Waals surface area contributed by atoms with E-state index in [1.165, 1.54) is 18.4 Å². The average molecular weight is 168 g/mol. The lowest BCUT2D eigenvalue weighted by molar-refractivity contribution is 0.408. The molecule has 0 nitrogen and oxygen atoms in total. The fourth-order valence-corrected chi connectivity index (χ4v) is 1.73. The van der Waals surface area contributed by atoms with E-state index in [0.29, 0.717) is 0 Å². The monoisotopic (exact) mass is 168 g/mol. The molecule has 0 heterocycles. The molecular weight excluding hydrogens is 144 g/mol. The van der Waals surface area contributed by atoms with Gasteiger partial charge in [-0.2, -0.15) is 0 Å². The van der Waals surface area contributed by atoms with Crippen LogP contribution in [0.25, 0.3) is 0 Å². The van der Waals surface area contributed by atoms with Crippen LogP contribution in [-0.2, 0) is 0 Å². The van der Waals surface area contributed by atoms with Crippen molar-refractivity contribution in [1.29, 1.82) is 0 Å². The van der Waals surface area contributed by atoms with Crippen LogP contribution in [0.4, 0.5) is 0 Å². The Labute approximate surface area is 78.1 Å². The van der Waals surface area contributed by atoms with Crippen LogP contribution >= 0.6 is 0 Å². The van der Waals surface area contributed by atoms with Crippen molar-refractivity contribution in [3.63, 3.8) is 0 Å². The molecule has 0 saturated carbocycles. The summed E-state index contributed by atoms with van der Waals surface area (Å²) in [5, 5.41) is 0. The topological polar surface area (TPSA) is 0 Å². The second-order valence-corrected chi connectivity index (χ2v) is 4.32. The van der Waals surface area contributed by atoms with Gasteiger partial charge in [0.05, 0.1) is 0 Å². The van der Waals surface area contributed by atoms with Gasteiger partial charge in [-0.05, 0) is 39.0 Å². The minimum absolute atomic E-state index is 0.792. The smallest absolute Gasteiger partial charge is 0.0181 e. The highest BCUT2D eigenvalue weighted by Gasteiger charge is 2.14. The van der Waals surface area contributed by atoms with E-state index in [1.807, 2.05) is 0 Å². The minimum atomic E-state index is 0.792. The van der Waals surface area contributed by atoms with E-state index < -0.39 is 0 Å². The van der Waals surface area contributed by atoms with Crippen LogP contribution in [0.15, 0.2) is 11.1 Å². The first-order chi connectivity index (χ1) is 5.50. The Balaban J connectivity index is 4.41. The second-order valence-electron chi connectivity index (χ2n) is 4.32. The number of hydrogen-bond donors (Lipinski definition) is 0. The van der Waals surface area contributed by atoms with E-state index >= 15 is 0 Å². The molecule has 0 aromatic carbocycles. The third-order valence-corrected chi connectivity index (χ3v) is 2.75. The summed E-state index contributed by atoms with van der Waals surface area (Å²) in [6.45, 7) is 13.7. The van der Waals surface area contributed by atoms with E-state index in [-0.39, 0.29) is 0 Å². The summed E-state index contributed by atoms with van der Waals surface area (Å²) in [5.74, 6) is 1.60. The minimum Gasteiger partial charge on any atom is -0.0772 e. The predicted octanol–water partition coefficient (Wildman–Crippen LogP) is 4.42. The van der Waals surface area contributed by atoms with Crippen LogP contribution in [0.3, 0.4) is 0 Å². The standard InChI is InChI=1S/C12H24/c1-7-8-12(10(4)5)11(6)9(2)3/h10,12H,7-8H2,1-6H3/t12-/m0/s1. The zero-order valence-corrected chi connectivity index (χ0v) is 9.57. The molecular formula is C12H24. The summed E-state index contributed by atoms with van der Waals surface area (Å²) < 4.78 is 0. The first kappa shape index (κ1) is 11.7. The zero-order valence-electron chi connectivity index (χ0n) is 9.57. The zero-order chi connectivity index (χ0) is 9.72. The van der Waals surface area contributed by atoms with Crippen molar-refractivity contribution >= 4 is 0 Å². The van der Waals surface area contributed by atoms with Crippen molar-refractivity contribution in [2.75, 3.05) is 0 Å². The summed E-state index contributed by atoms with van der Waals surface area (Å²) in [7, 11) is 0. The third-order valence-electron chi connectivity index (χ3n) is 2.75. The van der Waals surface area contributed by atoms with E-state index in [9.17, 15) is 0 Å². The number of hydrogen-bond acceptors (Lipinski definition) is 0. The molecule has 0 saturated heterocycles. The normalized spacial score (nSPS) is 13.2. The summed E-state index contributed by atoms with van der Waals surface area (Å²) in [6, 6.07) is 0. The summed E-state index contributed by atoms with van der Waals surface area (Å²) in [4.78, 5) is 0. The van der Waals surface area contributed by atoms with Gasteiger partial charge in [0, 0.05) is 0 Å². The lowest BCUT2D eigenvalue weighted by atomic mass is 9.83. The maximum atomic E-state index is 2.33. The lowest BCUT2D eigenvalue weighted by Crippen LogP contribution is -2.10. The van der Waals surface area contributed by atoms with Crippen LogP contribution in [0.5, 0.6) is 0 Å². The van der Waals surface area contributed by atoms with Crippen LogP contribution in [0, 0.1) is 11.8 Å². The highest BCUT2D eigenvalue weighted by atomic mass is 14.2. The Morgan fingerprint density at radius 1 is 1.08 bits per heavy atom. The first-order valence-electron chi connectivity index (χ1n) is 5.14. The molecule has 0 N–H and O–H groups in total. The van der Waals surface area contributed by atoms with Gasteiger partial charge >= 0.3 is 0 Å². The highest BCUT2D eigenvalue weighted by molar-refractivity contribution is 5.11. The van der Waals surface area contributed by atoms with Gasteiger partial charge in [0.2, 0.25) is 0 Å². The van der Waals surface area contributed by atoms with Crippen molar-refractivity contribution in [3.8, 4) is 0 Å². The molecule has 1 atom stereocenters. The Bertz CT molecular complexity index is 147. The molecule has 0 aromatic heterocycles. The maximum Gasteiger partial charge on any atom is -0.0181 e. The maximum absolute atomic E-state index is 2.33. The van der Waals surface area contributed by atoms with Crippen LogP contribution < -0.4 is 0 Å². The van der Waals surface area contributed by atoms with Gasteiger partial charge in [-0.1, -0.05) is 38.3 Å². The number of allylic oxidation sites excluding steroid dienone is 2. The molecule has 0 bridgehead atoms. The molecule has 0 aliphatic rings. The summed E-state index contributed by atoms with van der Waals surface area (Å²) in [5.41, 5.74) is 3.11. The largest absolute Gasteiger partial charge is 0.0772 e. The van der Waals surface area contributed by atoms with Gasteiger partial charge in [-0.15, -0.1) is 0 Å². The van der Waals surface area contributed by atoms with Crippen LogP contribution in [0.2, 0.25) is 0 Å². The molecule has 0 aliphatic carbocycles.